The van der Waals surface area contributed by atoms with E-state index in [0.29, 0.717) is 55.9 Å². The summed E-state index contributed by atoms with van der Waals surface area (Å²) in [5, 5.41) is 17.2. The molecular weight excluding hydrogens is 1650 g/mol. The molecule has 646 valence electrons. The van der Waals surface area contributed by atoms with Crippen LogP contribution in [0.25, 0.3) is 84.5 Å². The van der Waals surface area contributed by atoms with Crippen molar-refractivity contribution in [1.29, 1.82) is 0 Å². The van der Waals surface area contributed by atoms with Crippen LogP contribution in [-0.4, -0.2) is 178 Å². The molecule has 10 aromatic heterocycles. The Morgan fingerprint density at radius 3 is 0.817 bits per heavy atom. The minimum atomic E-state index is -4.44. The largest absolute Gasteiger partial charge is 0.416 e. The number of piperazine rings is 5. The lowest BCUT2D eigenvalue weighted by molar-refractivity contribution is -0.138. The van der Waals surface area contributed by atoms with E-state index in [2.05, 4.69) is 76.0 Å². The van der Waals surface area contributed by atoms with Crippen molar-refractivity contribution in [1.82, 2.24) is 73.5 Å². The van der Waals surface area contributed by atoms with Gasteiger partial charge in [-0.2, -0.15) is 26.3 Å². The SMILES string of the molecule is Cc1cccc(-c2cc(=O)n3cc(N4CCNCC4)ccc3n2)c1.O=c1cc(-c2ccc(C(F)(F)F)cc2)nc2ccc(N3CCNCC3)cn12.O=c1cc(-c2ccc(Cl)cc2)nc2ccc(N3CCNCC3)cn12.O=c1cc(-c2ccc(F)cc2)nc2ccc(N3CCNCC3)cn12.O=c1cc(-c2cccc(C(F)(F)F)c2)nc2ccc(N3CCNCC3)cn12. The van der Waals surface area contributed by atoms with Crippen LogP contribution >= 0.6 is 11.6 Å². The number of hydrogen-bond acceptors (Lipinski definition) is 20. The van der Waals surface area contributed by atoms with Crippen molar-refractivity contribution in [3.63, 3.8) is 0 Å². The number of benzene rings is 5. The number of anilines is 5. The lowest BCUT2D eigenvalue weighted by Gasteiger charge is -2.29. The molecule has 5 aromatic carbocycles. The molecule has 15 heterocycles. The van der Waals surface area contributed by atoms with Gasteiger partial charge in [-0.05, 0) is 134 Å². The van der Waals surface area contributed by atoms with Crippen LogP contribution in [-0.2, 0) is 12.4 Å². The van der Waals surface area contributed by atoms with Gasteiger partial charge in [0.25, 0.3) is 27.8 Å². The van der Waals surface area contributed by atoms with Crippen molar-refractivity contribution in [2.75, 3.05) is 155 Å². The molecule has 126 heavy (non-hydrogen) atoms. The third kappa shape index (κ3) is 20.6. The van der Waals surface area contributed by atoms with Crippen LogP contribution in [0.3, 0.4) is 0 Å². The Morgan fingerprint density at radius 1 is 0.286 bits per heavy atom. The fourth-order valence-electron chi connectivity index (χ4n) is 15.5. The van der Waals surface area contributed by atoms with Gasteiger partial charge in [-0.15, -0.1) is 0 Å². The summed E-state index contributed by atoms with van der Waals surface area (Å²) >= 11 is 5.92. The number of fused-ring (bicyclic) bond motifs is 5. The molecule has 5 N–H and O–H groups in total. The van der Waals surface area contributed by atoms with Crippen molar-refractivity contribution in [2.45, 2.75) is 19.3 Å². The van der Waals surface area contributed by atoms with E-state index in [0.717, 1.165) is 212 Å². The lowest BCUT2D eigenvalue weighted by atomic mass is 10.1. The number of hydrogen-bond donors (Lipinski definition) is 5. The predicted octanol–water partition coefficient (Wildman–Crippen LogP) is 12.0. The molecule has 5 fully saturated rings. The first-order chi connectivity index (χ1) is 60.9. The average Bonchev–Trinajstić information content (AvgIpc) is 0.801. The average molecular weight is 1730 g/mol. The minimum Gasteiger partial charge on any atom is -0.368 e. The van der Waals surface area contributed by atoms with Crippen LogP contribution in [0.2, 0.25) is 5.02 Å². The van der Waals surface area contributed by atoms with Gasteiger partial charge in [0.1, 0.15) is 34.1 Å². The Bertz CT molecular complexity index is 6590. The zero-order chi connectivity index (χ0) is 87.6. The molecule has 25 nitrogen and oxygen atoms in total. The van der Waals surface area contributed by atoms with Gasteiger partial charge < -0.3 is 51.1 Å². The molecule has 20 rings (SSSR count). The number of aromatic nitrogens is 10. The van der Waals surface area contributed by atoms with Gasteiger partial charge in [-0.1, -0.05) is 71.8 Å². The predicted molar refractivity (Wildman–Crippen MR) is 480 cm³/mol. The highest BCUT2D eigenvalue weighted by Gasteiger charge is 2.32. The van der Waals surface area contributed by atoms with Gasteiger partial charge >= 0.3 is 12.4 Å². The summed E-state index contributed by atoms with van der Waals surface area (Å²) in [6.07, 6.45) is 0.260. The van der Waals surface area contributed by atoms with Crippen LogP contribution < -0.4 is 78.9 Å². The van der Waals surface area contributed by atoms with Crippen LogP contribution in [0.5, 0.6) is 0 Å². The monoisotopic (exact) mass is 1730 g/mol. The van der Waals surface area contributed by atoms with E-state index in [1.807, 2.05) is 110 Å². The maximum atomic E-state index is 13.1. The molecule has 15 aromatic rings. The molecular formula is C93H88ClF7N20O5. The molecule has 0 atom stereocenters. The van der Waals surface area contributed by atoms with Crippen LogP contribution in [0.15, 0.2) is 267 Å². The summed E-state index contributed by atoms with van der Waals surface area (Å²) in [4.78, 5) is 96.5. The number of halogens is 8. The normalized spacial score (nSPS) is 15.1. The summed E-state index contributed by atoms with van der Waals surface area (Å²) in [6.45, 7) is 20.3. The highest BCUT2D eigenvalue weighted by molar-refractivity contribution is 6.30. The van der Waals surface area contributed by atoms with E-state index in [9.17, 15) is 54.7 Å². The number of pyridine rings is 5. The number of nitrogens with one attached hydrogen (secondary N) is 5. The molecule has 0 saturated carbocycles. The first-order valence-electron chi connectivity index (χ1n) is 41.4. The first-order valence-corrected chi connectivity index (χ1v) is 41.7. The molecule has 33 heteroatoms. The number of aryl methyl sites for hydroxylation is 1. The molecule has 5 aliphatic heterocycles. The van der Waals surface area contributed by atoms with E-state index < -0.39 is 23.5 Å². The quantitative estimate of drug-likeness (QED) is 0.0799. The summed E-state index contributed by atoms with van der Waals surface area (Å²) in [7, 11) is 0. The minimum absolute atomic E-state index is 0.0477. The summed E-state index contributed by atoms with van der Waals surface area (Å²) in [5.74, 6) is -0.308. The molecule has 5 saturated heterocycles. The smallest absolute Gasteiger partial charge is 0.368 e. The molecule has 0 amide bonds. The van der Waals surface area contributed by atoms with Crippen molar-refractivity contribution in [2.24, 2.45) is 0 Å². The molecule has 0 spiro atoms. The maximum Gasteiger partial charge on any atom is 0.416 e. The maximum absolute atomic E-state index is 13.1. The molecule has 0 radical (unpaired) electrons. The van der Waals surface area contributed by atoms with Gasteiger partial charge in [-0.3, -0.25) is 46.0 Å². The topological polar surface area (TPSA) is 248 Å². The molecule has 0 aliphatic carbocycles. The van der Waals surface area contributed by atoms with Gasteiger partial charge in [0, 0.05) is 225 Å². The van der Waals surface area contributed by atoms with E-state index in [4.69, 9.17) is 11.6 Å². The number of nitrogens with zero attached hydrogens (tertiary/aromatic N) is 15. The second-order valence-corrected chi connectivity index (χ2v) is 31.1. The van der Waals surface area contributed by atoms with Gasteiger partial charge in [0.2, 0.25) is 0 Å². The second kappa shape index (κ2) is 38.3. The Balaban J connectivity index is 0.000000116. The van der Waals surface area contributed by atoms with Crippen LogP contribution in [0.4, 0.5) is 59.2 Å². The fraction of sp³-hybridized carbons (Fsp3) is 0.247. The summed E-state index contributed by atoms with van der Waals surface area (Å²) in [6, 6.07) is 57.2. The third-order valence-corrected chi connectivity index (χ3v) is 22.5. The highest BCUT2D eigenvalue weighted by Crippen LogP contribution is 2.34. The number of alkyl halides is 6. The van der Waals surface area contributed by atoms with Gasteiger partial charge in [0.05, 0.1) is 68.0 Å². The van der Waals surface area contributed by atoms with E-state index in [-0.39, 0.29) is 44.9 Å². The summed E-state index contributed by atoms with van der Waals surface area (Å²) in [5.41, 5.74) is 12.3. The van der Waals surface area contributed by atoms with E-state index in [1.165, 1.54) is 63.4 Å². The standard InChI is InChI=1S/2C19H17F3N4O.C19H20N4O.C18H17ClN4O.C18H17FN4O/c20-19(21,22)14-3-1-13(2-4-14)16-11-18(27)26-12-15(5-6-17(26)24-16)25-9-7-23-8-10-25;20-19(21,22)14-3-1-2-13(10-14)16-11-18(27)26-12-15(4-5-17(26)24-16)25-8-6-23-7-9-25;1-14-3-2-4-15(11-14)17-12-19(24)23-13-16(5-6-18(23)21-17)22-9-7-20-8-10-22;2*19-14-3-1-13(2-4-14)16-11-18(24)23-12-15(5-6-17(23)21-16)22-9-7-20-8-10-22/h1-6,11-12,23H,7-10H2;1-5,10-12,23H,6-9H2;2-6,11-13,20H,7-10H2,1H3;2*1-6,11-12,20H,7-10H2. The Morgan fingerprint density at radius 2 is 0.540 bits per heavy atom. The third-order valence-electron chi connectivity index (χ3n) is 22.2. The van der Waals surface area contributed by atoms with Crippen LogP contribution in [0.1, 0.15) is 16.7 Å². The first kappa shape index (κ1) is 86.0. The summed E-state index contributed by atoms with van der Waals surface area (Å²) < 4.78 is 97.7. The van der Waals surface area contributed by atoms with Crippen LogP contribution in [0, 0.1) is 12.7 Å². The van der Waals surface area contributed by atoms with E-state index >= 15 is 0 Å². The van der Waals surface area contributed by atoms with Crippen molar-refractivity contribution in [3.05, 3.63) is 323 Å². The molecule has 5 aliphatic rings. The fourth-order valence-corrected chi connectivity index (χ4v) is 15.6. The Kier molecular flexibility index (Phi) is 26.2. The van der Waals surface area contributed by atoms with Gasteiger partial charge in [0.15, 0.2) is 0 Å². The van der Waals surface area contributed by atoms with Crippen molar-refractivity contribution < 1.29 is 30.7 Å². The molecule has 0 bridgehead atoms. The second-order valence-electron chi connectivity index (χ2n) is 30.7. The van der Waals surface area contributed by atoms with E-state index in [1.54, 1.807) is 74.1 Å². The zero-order valence-electron chi connectivity index (χ0n) is 68.5. The Hall–Kier alpha value is -13.5. The van der Waals surface area contributed by atoms with Gasteiger partial charge in [-0.25, -0.2) is 29.3 Å². The molecule has 0 unspecified atom stereocenters. The Labute approximate surface area is 722 Å². The highest BCUT2D eigenvalue weighted by atomic mass is 35.5. The lowest BCUT2D eigenvalue weighted by Crippen LogP contribution is -2.43. The zero-order valence-corrected chi connectivity index (χ0v) is 69.3. The van der Waals surface area contributed by atoms with Crippen molar-refractivity contribution >= 4 is 68.3 Å². The van der Waals surface area contributed by atoms with Crippen molar-refractivity contribution in [3.8, 4) is 56.3 Å². The number of rotatable bonds is 10.